The first kappa shape index (κ1) is 18.4. The van der Waals surface area contributed by atoms with Crippen LogP contribution < -0.4 is 10.6 Å². The molecule has 1 spiro atoms. The summed E-state index contributed by atoms with van der Waals surface area (Å²) in [7, 11) is 0. The number of hydrogen-bond donors (Lipinski definition) is 2. The number of aryl methyl sites for hydroxylation is 1. The maximum atomic E-state index is 12.7. The monoisotopic (exact) mass is 361 g/mol. The molecule has 0 radical (unpaired) electrons. The summed E-state index contributed by atoms with van der Waals surface area (Å²) in [4.78, 5) is 42.0. The molecule has 1 aromatic heterocycles. The largest absolute Gasteiger partial charge is 0.355 e. The molecule has 0 unspecified atom stereocenters. The predicted octanol–water partition coefficient (Wildman–Crippen LogP) is 1.28. The lowest BCUT2D eigenvalue weighted by Gasteiger charge is -2.33. The first-order valence-corrected chi connectivity index (χ1v) is 9.37. The third-order valence-corrected chi connectivity index (χ3v) is 5.40. The van der Waals surface area contributed by atoms with Gasteiger partial charge in [-0.3, -0.25) is 14.5 Å². The number of nitrogens with zero attached hydrogens (tertiary/aromatic N) is 3. The zero-order chi connectivity index (χ0) is 18.6. The molecule has 1 aromatic rings. The minimum absolute atomic E-state index is 0.205. The Morgan fingerprint density at radius 1 is 1.35 bits per heavy atom. The Bertz CT molecular complexity index is 650. The van der Waals surface area contributed by atoms with Gasteiger partial charge in [-0.15, -0.1) is 0 Å². The van der Waals surface area contributed by atoms with Crippen molar-refractivity contribution in [1.82, 2.24) is 25.1 Å². The summed E-state index contributed by atoms with van der Waals surface area (Å²) < 4.78 is 1.99. The lowest BCUT2D eigenvalue weighted by Crippen LogP contribution is -2.49. The molecule has 1 aliphatic heterocycles. The summed E-state index contributed by atoms with van der Waals surface area (Å²) in [5, 5.41) is 5.63. The number of unbranched alkanes of at least 4 members (excludes halogenated alkanes) is 1. The van der Waals surface area contributed by atoms with Crippen LogP contribution in [0.2, 0.25) is 0 Å². The van der Waals surface area contributed by atoms with E-state index in [2.05, 4.69) is 22.5 Å². The van der Waals surface area contributed by atoms with Crippen molar-refractivity contribution in [3.63, 3.8) is 0 Å². The number of nitrogens with one attached hydrogen (secondary N) is 2. The van der Waals surface area contributed by atoms with E-state index in [9.17, 15) is 14.4 Å². The third kappa shape index (κ3) is 4.05. The minimum atomic E-state index is -0.783. The predicted molar refractivity (Wildman–Crippen MR) is 95.1 cm³/mol. The molecule has 4 amide bonds. The lowest BCUT2D eigenvalue weighted by molar-refractivity contribution is -0.136. The van der Waals surface area contributed by atoms with E-state index in [-0.39, 0.29) is 18.4 Å². The van der Waals surface area contributed by atoms with Crippen molar-refractivity contribution in [1.29, 1.82) is 0 Å². The fourth-order valence-corrected chi connectivity index (χ4v) is 3.68. The van der Waals surface area contributed by atoms with Crippen molar-refractivity contribution in [2.24, 2.45) is 5.92 Å². The molecule has 3 rings (SSSR count). The molecule has 26 heavy (non-hydrogen) atoms. The molecule has 2 N–H and O–H groups in total. The quantitative estimate of drug-likeness (QED) is 0.565. The van der Waals surface area contributed by atoms with Crippen LogP contribution in [0.3, 0.4) is 0 Å². The SMILES string of the molecule is CC1CCC2(CC1)NC(=O)N(CC(=O)NCCCCn1ccnc1)C2=O. The molecule has 2 heterocycles. The normalized spacial score (nSPS) is 25.6. The highest BCUT2D eigenvalue weighted by molar-refractivity contribution is 6.09. The topological polar surface area (TPSA) is 96.3 Å². The molecule has 1 aliphatic carbocycles. The molecular weight excluding hydrogens is 334 g/mol. The van der Waals surface area contributed by atoms with E-state index in [0.29, 0.717) is 25.3 Å². The summed E-state index contributed by atoms with van der Waals surface area (Å²) in [6, 6.07) is -0.445. The number of imidazole rings is 1. The first-order valence-electron chi connectivity index (χ1n) is 9.37. The van der Waals surface area contributed by atoms with Gasteiger partial charge in [-0.2, -0.15) is 0 Å². The van der Waals surface area contributed by atoms with Gasteiger partial charge in [0.05, 0.1) is 6.33 Å². The summed E-state index contributed by atoms with van der Waals surface area (Å²) in [6.07, 6.45) is 10.3. The summed E-state index contributed by atoms with van der Waals surface area (Å²) in [5.74, 6) is 0.0343. The van der Waals surface area contributed by atoms with Crippen molar-refractivity contribution < 1.29 is 14.4 Å². The maximum Gasteiger partial charge on any atom is 0.325 e. The number of urea groups is 1. The van der Waals surface area contributed by atoms with Gasteiger partial charge in [-0.05, 0) is 44.4 Å². The highest BCUT2D eigenvalue weighted by Gasteiger charge is 2.52. The van der Waals surface area contributed by atoms with E-state index in [0.717, 1.165) is 37.1 Å². The van der Waals surface area contributed by atoms with Crippen molar-refractivity contribution >= 4 is 17.8 Å². The zero-order valence-electron chi connectivity index (χ0n) is 15.2. The second-order valence-electron chi connectivity index (χ2n) is 7.44. The number of carbonyl (C=O) groups excluding carboxylic acids is 3. The van der Waals surface area contributed by atoms with Gasteiger partial charge in [0.1, 0.15) is 12.1 Å². The Labute approximate surface area is 153 Å². The number of amides is 4. The molecule has 2 aliphatic rings. The number of imide groups is 1. The van der Waals surface area contributed by atoms with Gasteiger partial charge in [0.15, 0.2) is 0 Å². The molecule has 0 bridgehead atoms. The third-order valence-electron chi connectivity index (χ3n) is 5.40. The van der Waals surface area contributed by atoms with Gasteiger partial charge in [-0.25, -0.2) is 9.78 Å². The van der Waals surface area contributed by atoms with E-state index in [4.69, 9.17) is 0 Å². The van der Waals surface area contributed by atoms with Crippen LogP contribution in [0.5, 0.6) is 0 Å². The number of hydrogen-bond acceptors (Lipinski definition) is 4. The second kappa shape index (κ2) is 7.88. The lowest BCUT2D eigenvalue weighted by atomic mass is 9.77. The Balaban J connectivity index is 1.41. The molecule has 8 heteroatoms. The summed E-state index contributed by atoms with van der Waals surface area (Å²) >= 11 is 0. The van der Waals surface area contributed by atoms with Crippen molar-refractivity contribution in [3.05, 3.63) is 18.7 Å². The van der Waals surface area contributed by atoms with Crippen LogP contribution in [0.25, 0.3) is 0 Å². The van der Waals surface area contributed by atoms with Crippen LogP contribution in [0.4, 0.5) is 4.79 Å². The molecule has 0 atom stereocenters. The average molecular weight is 361 g/mol. The maximum absolute atomic E-state index is 12.7. The Kier molecular flexibility index (Phi) is 5.58. The summed E-state index contributed by atoms with van der Waals surface area (Å²) in [6.45, 7) is 3.33. The van der Waals surface area contributed by atoms with E-state index in [1.807, 2.05) is 10.8 Å². The van der Waals surface area contributed by atoms with Gasteiger partial charge in [0.2, 0.25) is 5.91 Å². The number of carbonyl (C=O) groups is 3. The molecule has 1 saturated carbocycles. The van der Waals surface area contributed by atoms with Crippen LogP contribution in [0.15, 0.2) is 18.7 Å². The molecule has 142 valence electrons. The van der Waals surface area contributed by atoms with Crippen molar-refractivity contribution in [3.8, 4) is 0 Å². The van der Waals surface area contributed by atoms with Crippen LogP contribution in [-0.4, -0.2) is 50.9 Å². The smallest absolute Gasteiger partial charge is 0.325 e. The van der Waals surface area contributed by atoms with Gasteiger partial charge >= 0.3 is 6.03 Å². The Morgan fingerprint density at radius 2 is 2.12 bits per heavy atom. The average Bonchev–Trinajstić information content (AvgIpc) is 3.21. The highest BCUT2D eigenvalue weighted by atomic mass is 16.2. The van der Waals surface area contributed by atoms with Gasteiger partial charge < -0.3 is 15.2 Å². The van der Waals surface area contributed by atoms with E-state index in [1.165, 1.54) is 0 Å². The van der Waals surface area contributed by atoms with Crippen LogP contribution in [0, 0.1) is 5.92 Å². The van der Waals surface area contributed by atoms with E-state index in [1.54, 1.807) is 12.5 Å². The fourth-order valence-electron chi connectivity index (χ4n) is 3.68. The minimum Gasteiger partial charge on any atom is -0.355 e. The molecule has 0 aromatic carbocycles. The zero-order valence-corrected chi connectivity index (χ0v) is 15.2. The van der Waals surface area contributed by atoms with Crippen molar-refractivity contribution in [2.45, 2.75) is 57.5 Å². The summed E-state index contributed by atoms with van der Waals surface area (Å²) in [5.41, 5.74) is -0.783. The number of rotatable bonds is 7. The second-order valence-corrected chi connectivity index (χ2v) is 7.44. The molecule has 8 nitrogen and oxygen atoms in total. The Morgan fingerprint density at radius 3 is 2.81 bits per heavy atom. The highest BCUT2D eigenvalue weighted by Crippen LogP contribution is 2.36. The standard InChI is InChI=1S/C18H27N5O3/c1-14-4-6-18(7-5-14)16(25)23(17(26)21-18)12-15(24)20-8-2-3-10-22-11-9-19-13-22/h9,11,13-14H,2-8,10,12H2,1H3,(H,20,24)(H,21,26). The van der Waals surface area contributed by atoms with E-state index >= 15 is 0 Å². The molecule has 1 saturated heterocycles. The fraction of sp³-hybridized carbons (Fsp3) is 0.667. The van der Waals surface area contributed by atoms with E-state index < -0.39 is 11.6 Å². The van der Waals surface area contributed by atoms with Gasteiger partial charge in [0.25, 0.3) is 5.91 Å². The molecular formula is C18H27N5O3. The van der Waals surface area contributed by atoms with Gasteiger partial charge in [0, 0.05) is 25.5 Å². The van der Waals surface area contributed by atoms with Crippen molar-refractivity contribution in [2.75, 3.05) is 13.1 Å². The van der Waals surface area contributed by atoms with Crippen LogP contribution >= 0.6 is 0 Å². The van der Waals surface area contributed by atoms with Gasteiger partial charge in [-0.1, -0.05) is 6.92 Å². The van der Waals surface area contributed by atoms with Crippen LogP contribution in [-0.2, 0) is 16.1 Å². The molecule has 2 fully saturated rings. The Hall–Kier alpha value is -2.38. The number of aromatic nitrogens is 2. The first-order chi connectivity index (χ1) is 12.5. The van der Waals surface area contributed by atoms with Crippen LogP contribution in [0.1, 0.15) is 45.4 Å².